The van der Waals surface area contributed by atoms with Crippen molar-refractivity contribution in [2.75, 3.05) is 5.32 Å². The summed E-state index contributed by atoms with van der Waals surface area (Å²) in [5.74, 6) is -1.29. The number of aryl methyl sites for hydroxylation is 2. The lowest BCUT2D eigenvalue weighted by Gasteiger charge is -2.15. The fourth-order valence-corrected chi connectivity index (χ4v) is 3.56. The van der Waals surface area contributed by atoms with Crippen molar-refractivity contribution in [2.45, 2.75) is 20.4 Å². The van der Waals surface area contributed by atoms with Crippen LogP contribution in [0.15, 0.2) is 72.6 Å². The molecular formula is C24H20FN3O2. The van der Waals surface area contributed by atoms with Gasteiger partial charge in [0, 0.05) is 11.9 Å². The zero-order chi connectivity index (χ0) is 21.3. The van der Waals surface area contributed by atoms with Gasteiger partial charge in [-0.15, -0.1) is 0 Å². The molecule has 30 heavy (non-hydrogen) atoms. The third-order valence-electron chi connectivity index (χ3n) is 4.84. The first kappa shape index (κ1) is 19.5. The Balaban J connectivity index is 1.76. The summed E-state index contributed by atoms with van der Waals surface area (Å²) in [6.07, 6.45) is 1.61. The fourth-order valence-electron chi connectivity index (χ4n) is 3.56. The maximum absolute atomic E-state index is 13.4. The summed E-state index contributed by atoms with van der Waals surface area (Å²) in [6.45, 7) is 3.98. The van der Waals surface area contributed by atoms with Crippen LogP contribution in [0.3, 0.4) is 0 Å². The van der Waals surface area contributed by atoms with Crippen LogP contribution in [0.2, 0.25) is 0 Å². The molecule has 2 aromatic carbocycles. The normalized spacial score (nSPS) is 13.9. The Morgan fingerprint density at radius 2 is 1.63 bits per heavy atom. The van der Waals surface area contributed by atoms with E-state index < -0.39 is 17.6 Å². The Kier molecular flexibility index (Phi) is 5.14. The molecule has 2 amide bonds. The van der Waals surface area contributed by atoms with Gasteiger partial charge >= 0.3 is 0 Å². The Labute approximate surface area is 173 Å². The number of hydrogen-bond acceptors (Lipinski definition) is 4. The lowest BCUT2D eigenvalue weighted by Crippen LogP contribution is -2.32. The number of pyridine rings is 1. The van der Waals surface area contributed by atoms with Gasteiger partial charge in [-0.1, -0.05) is 24.3 Å². The van der Waals surface area contributed by atoms with Crippen LogP contribution in [0.5, 0.6) is 0 Å². The molecule has 0 bridgehead atoms. The molecule has 1 aliphatic heterocycles. The largest absolute Gasteiger partial charge is 0.350 e. The molecule has 5 nitrogen and oxygen atoms in total. The van der Waals surface area contributed by atoms with E-state index in [1.54, 1.807) is 24.4 Å². The summed E-state index contributed by atoms with van der Waals surface area (Å²) < 4.78 is 13.4. The molecule has 0 saturated heterocycles. The van der Waals surface area contributed by atoms with Gasteiger partial charge in [-0.05, 0) is 66.9 Å². The predicted octanol–water partition coefficient (Wildman–Crippen LogP) is 4.23. The number of nitrogens with zero attached hydrogens (tertiary/aromatic N) is 2. The van der Waals surface area contributed by atoms with Gasteiger partial charge in [-0.3, -0.25) is 19.5 Å². The maximum Gasteiger partial charge on any atom is 0.278 e. The lowest BCUT2D eigenvalue weighted by atomic mass is 10.0. The van der Waals surface area contributed by atoms with Crippen molar-refractivity contribution < 1.29 is 14.0 Å². The van der Waals surface area contributed by atoms with Gasteiger partial charge in [0.25, 0.3) is 11.8 Å². The molecule has 3 aromatic rings. The van der Waals surface area contributed by atoms with E-state index in [-0.39, 0.29) is 17.8 Å². The molecule has 4 rings (SSSR count). The number of aromatic nitrogens is 1. The summed E-state index contributed by atoms with van der Waals surface area (Å²) >= 11 is 0. The van der Waals surface area contributed by atoms with Crippen LogP contribution in [0.1, 0.15) is 22.4 Å². The van der Waals surface area contributed by atoms with Crippen molar-refractivity contribution in [1.82, 2.24) is 9.88 Å². The highest BCUT2D eigenvalue weighted by atomic mass is 19.1. The van der Waals surface area contributed by atoms with Crippen LogP contribution in [0, 0.1) is 19.7 Å². The van der Waals surface area contributed by atoms with Crippen LogP contribution in [0.25, 0.3) is 5.57 Å². The number of halogens is 1. The average molecular weight is 401 g/mol. The summed E-state index contributed by atoms with van der Waals surface area (Å²) in [6, 6.07) is 16.7. The number of nitrogens with one attached hydrogen (secondary N) is 1. The smallest absolute Gasteiger partial charge is 0.278 e. The number of hydrogen-bond donors (Lipinski definition) is 1. The highest BCUT2D eigenvalue weighted by Crippen LogP contribution is 2.31. The number of imide groups is 1. The minimum atomic E-state index is -0.441. The van der Waals surface area contributed by atoms with E-state index in [0.29, 0.717) is 16.9 Å². The quantitative estimate of drug-likeness (QED) is 0.650. The molecule has 1 N–H and O–H groups in total. The molecule has 0 spiro atoms. The molecule has 1 aromatic heterocycles. The van der Waals surface area contributed by atoms with Crippen LogP contribution < -0.4 is 5.32 Å². The molecule has 0 atom stereocenters. The minimum absolute atomic E-state index is 0.0568. The summed E-state index contributed by atoms with van der Waals surface area (Å²) in [5.41, 5.74) is 4.24. The monoisotopic (exact) mass is 401 g/mol. The molecule has 2 heterocycles. The van der Waals surface area contributed by atoms with Crippen molar-refractivity contribution in [3.63, 3.8) is 0 Å². The molecule has 0 unspecified atom stereocenters. The maximum atomic E-state index is 13.4. The van der Waals surface area contributed by atoms with Gasteiger partial charge in [-0.25, -0.2) is 4.39 Å². The molecule has 0 radical (unpaired) electrons. The van der Waals surface area contributed by atoms with Crippen molar-refractivity contribution in [2.24, 2.45) is 0 Å². The molecule has 6 heteroatoms. The van der Waals surface area contributed by atoms with Gasteiger partial charge in [0.1, 0.15) is 11.5 Å². The number of rotatable bonds is 5. The number of carbonyl (C=O) groups excluding carboxylic acids is 2. The first-order valence-corrected chi connectivity index (χ1v) is 9.54. The van der Waals surface area contributed by atoms with Crippen LogP contribution in [-0.2, 0) is 16.1 Å². The standard InChI is InChI=1S/C24H20FN3O2/c1-15-11-16(2)13-20(12-15)27-22-21(17-6-8-18(25)9-7-17)23(29)28(24(22)30)14-19-5-3-4-10-26-19/h3-13,27H,14H2,1-2H3. The van der Waals surface area contributed by atoms with Gasteiger partial charge in [0.2, 0.25) is 0 Å². The van der Waals surface area contributed by atoms with Crippen LogP contribution in [0.4, 0.5) is 10.1 Å². The minimum Gasteiger partial charge on any atom is -0.350 e. The lowest BCUT2D eigenvalue weighted by molar-refractivity contribution is -0.137. The van der Waals surface area contributed by atoms with Crippen LogP contribution in [-0.4, -0.2) is 21.7 Å². The van der Waals surface area contributed by atoms with Gasteiger partial charge in [0.15, 0.2) is 0 Å². The summed E-state index contributed by atoms with van der Waals surface area (Å²) in [5, 5.41) is 3.14. The highest BCUT2D eigenvalue weighted by Gasteiger charge is 2.39. The zero-order valence-corrected chi connectivity index (χ0v) is 16.6. The summed E-state index contributed by atoms with van der Waals surface area (Å²) in [7, 11) is 0. The van der Waals surface area contributed by atoms with Crippen molar-refractivity contribution >= 4 is 23.1 Å². The van der Waals surface area contributed by atoms with E-state index >= 15 is 0 Å². The number of carbonyl (C=O) groups is 2. The first-order valence-electron chi connectivity index (χ1n) is 9.54. The molecule has 0 aliphatic carbocycles. The second-order valence-electron chi connectivity index (χ2n) is 7.28. The second-order valence-corrected chi connectivity index (χ2v) is 7.28. The number of amides is 2. The van der Waals surface area contributed by atoms with Crippen molar-refractivity contribution in [3.8, 4) is 0 Å². The second kappa shape index (κ2) is 7.91. The molecule has 1 aliphatic rings. The van der Waals surface area contributed by atoms with Crippen LogP contribution >= 0.6 is 0 Å². The van der Waals surface area contributed by atoms with E-state index in [2.05, 4.69) is 10.3 Å². The molecule has 0 fully saturated rings. The third-order valence-corrected chi connectivity index (χ3v) is 4.84. The van der Waals surface area contributed by atoms with Crippen molar-refractivity contribution in [3.05, 3.63) is 101 Å². The highest BCUT2D eigenvalue weighted by molar-refractivity contribution is 6.36. The fraction of sp³-hybridized carbons (Fsp3) is 0.125. The molecule has 150 valence electrons. The van der Waals surface area contributed by atoms with E-state index in [1.165, 1.54) is 24.3 Å². The Morgan fingerprint density at radius 3 is 2.27 bits per heavy atom. The van der Waals surface area contributed by atoms with E-state index in [1.807, 2.05) is 32.0 Å². The van der Waals surface area contributed by atoms with Gasteiger partial charge < -0.3 is 5.32 Å². The van der Waals surface area contributed by atoms with Gasteiger partial charge in [0.05, 0.1) is 17.8 Å². The van der Waals surface area contributed by atoms with Gasteiger partial charge in [-0.2, -0.15) is 0 Å². The zero-order valence-electron chi connectivity index (χ0n) is 16.6. The summed E-state index contributed by atoms with van der Waals surface area (Å²) in [4.78, 5) is 31.8. The first-order chi connectivity index (χ1) is 14.4. The SMILES string of the molecule is Cc1cc(C)cc(NC2=C(c3ccc(F)cc3)C(=O)N(Cc3ccccn3)C2=O)c1. The molecular weight excluding hydrogens is 381 g/mol. The van der Waals surface area contributed by atoms with E-state index in [9.17, 15) is 14.0 Å². The topological polar surface area (TPSA) is 62.3 Å². The predicted molar refractivity (Wildman–Crippen MR) is 113 cm³/mol. The van der Waals surface area contributed by atoms with E-state index in [0.717, 1.165) is 16.0 Å². The molecule has 0 saturated carbocycles. The Morgan fingerprint density at radius 1 is 0.933 bits per heavy atom. The van der Waals surface area contributed by atoms with E-state index in [4.69, 9.17) is 0 Å². The number of anilines is 1. The number of benzene rings is 2. The average Bonchev–Trinajstić information content (AvgIpc) is 2.93. The third kappa shape index (κ3) is 3.85. The Hall–Kier alpha value is -3.80. The van der Waals surface area contributed by atoms with Crippen molar-refractivity contribution in [1.29, 1.82) is 0 Å². The Bertz CT molecular complexity index is 1130.